The monoisotopic (exact) mass is 241 g/mol. The highest BCUT2D eigenvalue weighted by molar-refractivity contribution is 5.77. The number of nitrogens with one attached hydrogen (secondary N) is 1. The van der Waals surface area contributed by atoms with Gasteiger partial charge in [-0.3, -0.25) is 5.73 Å². The Kier molecular flexibility index (Phi) is 4.45. The molecule has 94 valence electrons. The smallest absolute Gasteiger partial charge is 0.283 e. The van der Waals surface area contributed by atoms with Gasteiger partial charge in [0.1, 0.15) is 0 Å². The van der Waals surface area contributed by atoms with Crippen molar-refractivity contribution in [3.8, 4) is 17.2 Å². The van der Waals surface area contributed by atoms with Crippen LogP contribution in [0.3, 0.4) is 0 Å². The average Bonchev–Trinajstić information content (AvgIpc) is 2.37. The van der Waals surface area contributed by atoms with Crippen LogP contribution in [0.15, 0.2) is 12.1 Å². The third-order valence-electron chi connectivity index (χ3n) is 2.26. The summed E-state index contributed by atoms with van der Waals surface area (Å²) in [5, 5.41) is 10.5. The third kappa shape index (κ3) is 2.93. The Morgan fingerprint density at radius 2 is 1.71 bits per heavy atom. The molecule has 1 aromatic rings. The van der Waals surface area contributed by atoms with E-state index in [4.69, 9.17) is 25.2 Å². The molecular formula is C11H17N2O4+. The van der Waals surface area contributed by atoms with E-state index in [0.29, 0.717) is 23.7 Å². The maximum absolute atomic E-state index is 8.65. The van der Waals surface area contributed by atoms with Crippen LogP contribution in [0.5, 0.6) is 17.2 Å². The third-order valence-corrected chi connectivity index (χ3v) is 2.26. The molecule has 0 spiro atoms. The van der Waals surface area contributed by atoms with Crippen LogP contribution in [0.2, 0.25) is 0 Å². The van der Waals surface area contributed by atoms with Crippen molar-refractivity contribution >= 4 is 5.84 Å². The molecular weight excluding hydrogens is 224 g/mol. The first kappa shape index (κ1) is 13.0. The fourth-order valence-corrected chi connectivity index (χ4v) is 1.50. The van der Waals surface area contributed by atoms with Gasteiger partial charge in [0.15, 0.2) is 11.5 Å². The van der Waals surface area contributed by atoms with Gasteiger partial charge in [0.05, 0.1) is 27.8 Å². The van der Waals surface area contributed by atoms with Crippen LogP contribution in [-0.2, 0) is 6.42 Å². The summed E-state index contributed by atoms with van der Waals surface area (Å²) < 4.78 is 15.6. The number of hydrogen-bond donors (Lipinski definition) is 3. The van der Waals surface area contributed by atoms with E-state index in [2.05, 4.69) is 0 Å². The van der Waals surface area contributed by atoms with E-state index in [-0.39, 0.29) is 5.84 Å². The molecule has 0 unspecified atom stereocenters. The minimum atomic E-state index is 0.235. The molecule has 0 fully saturated rings. The van der Waals surface area contributed by atoms with E-state index < -0.39 is 0 Å². The summed E-state index contributed by atoms with van der Waals surface area (Å²) in [6.45, 7) is 0. The number of ether oxygens (including phenoxy) is 3. The lowest BCUT2D eigenvalue weighted by Gasteiger charge is -2.13. The summed E-state index contributed by atoms with van der Waals surface area (Å²) in [7, 11) is 4.62. The van der Waals surface area contributed by atoms with Crippen molar-refractivity contribution in [3.63, 3.8) is 0 Å². The summed E-state index contributed by atoms with van der Waals surface area (Å²) in [5.41, 5.74) is 6.33. The van der Waals surface area contributed by atoms with Gasteiger partial charge in [-0.25, -0.2) is 0 Å². The van der Waals surface area contributed by atoms with Gasteiger partial charge in [0, 0.05) is 0 Å². The number of benzene rings is 1. The quantitative estimate of drug-likeness (QED) is 0.269. The molecule has 4 N–H and O–H groups in total. The molecule has 0 aliphatic carbocycles. The van der Waals surface area contributed by atoms with Crippen molar-refractivity contribution in [2.24, 2.45) is 5.73 Å². The first-order valence-electron chi connectivity index (χ1n) is 4.96. The highest BCUT2D eigenvalue weighted by atomic mass is 16.5. The van der Waals surface area contributed by atoms with Gasteiger partial charge in [0.25, 0.3) is 5.84 Å². The Morgan fingerprint density at radius 3 is 2.06 bits per heavy atom. The van der Waals surface area contributed by atoms with Gasteiger partial charge in [-0.15, -0.1) is 0 Å². The molecule has 0 saturated heterocycles. The van der Waals surface area contributed by atoms with E-state index >= 15 is 0 Å². The van der Waals surface area contributed by atoms with E-state index in [1.165, 1.54) is 7.11 Å². The highest BCUT2D eigenvalue weighted by Gasteiger charge is 2.14. The number of nitrogens with two attached hydrogens (primary N) is 1. The van der Waals surface area contributed by atoms with Crippen LogP contribution in [0.4, 0.5) is 0 Å². The molecule has 6 nitrogen and oxygen atoms in total. The Labute approximate surface area is 99.6 Å². The molecule has 0 aliphatic heterocycles. The van der Waals surface area contributed by atoms with Gasteiger partial charge in [-0.2, -0.15) is 0 Å². The average molecular weight is 241 g/mol. The molecule has 1 aromatic carbocycles. The topological polar surface area (TPSA) is 87.9 Å². The standard InChI is InChI=1S/C11H16N2O4/c1-15-8-4-7(6-10(12)13-14)5-9(16-2)11(8)17-3/h4-5,14H,6H2,1-3H3,(H2,12,13)/p+1. The van der Waals surface area contributed by atoms with Crippen LogP contribution in [0.25, 0.3) is 0 Å². The molecule has 1 rings (SSSR count). The van der Waals surface area contributed by atoms with E-state index in [0.717, 1.165) is 5.56 Å². The summed E-state index contributed by atoms with van der Waals surface area (Å²) >= 11 is 0. The molecule has 0 aromatic heterocycles. The van der Waals surface area contributed by atoms with Crippen molar-refractivity contribution in [2.45, 2.75) is 6.42 Å². The predicted octanol–water partition coefficient (Wildman–Crippen LogP) is -0.918. The second-order valence-electron chi connectivity index (χ2n) is 3.35. The lowest BCUT2D eigenvalue weighted by molar-refractivity contribution is -0.738. The lowest BCUT2D eigenvalue weighted by atomic mass is 10.1. The van der Waals surface area contributed by atoms with Gasteiger partial charge < -0.3 is 19.4 Å². The Bertz CT molecular complexity index is 393. The van der Waals surface area contributed by atoms with Crippen LogP contribution < -0.4 is 25.1 Å². The highest BCUT2D eigenvalue weighted by Crippen LogP contribution is 2.38. The van der Waals surface area contributed by atoms with Gasteiger partial charge >= 0.3 is 0 Å². The largest absolute Gasteiger partial charge is 0.493 e. The predicted molar refractivity (Wildman–Crippen MR) is 61.7 cm³/mol. The van der Waals surface area contributed by atoms with E-state index in [1.807, 2.05) is 5.16 Å². The number of amidine groups is 1. The first-order valence-corrected chi connectivity index (χ1v) is 4.96. The molecule has 6 heteroatoms. The van der Waals surface area contributed by atoms with E-state index in [1.54, 1.807) is 26.4 Å². The molecule has 0 radical (unpaired) electrons. The second-order valence-corrected chi connectivity index (χ2v) is 3.35. The Hall–Kier alpha value is -2.11. The second kappa shape index (κ2) is 5.83. The molecule has 0 saturated carbocycles. The summed E-state index contributed by atoms with van der Waals surface area (Å²) in [6, 6.07) is 3.54. The van der Waals surface area contributed by atoms with Crippen molar-refractivity contribution in [3.05, 3.63) is 17.7 Å². The van der Waals surface area contributed by atoms with Gasteiger partial charge in [-0.05, 0) is 17.7 Å². The molecule has 0 atom stereocenters. The SMILES string of the molecule is COc1cc(CC(N)=[NH+]O)cc(OC)c1OC. The zero-order valence-corrected chi connectivity index (χ0v) is 10.1. The van der Waals surface area contributed by atoms with Gasteiger partial charge in [0.2, 0.25) is 5.75 Å². The number of hydrogen-bond acceptors (Lipinski definition) is 4. The maximum atomic E-state index is 8.65. The number of methoxy groups -OCH3 is 3. The Balaban J connectivity index is 3.17. The number of rotatable bonds is 5. The zero-order valence-electron chi connectivity index (χ0n) is 10.1. The molecule has 0 aliphatic rings. The van der Waals surface area contributed by atoms with Crippen molar-refractivity contribution in [1.29, 1.82) is 0 Å². The summed E-state index contributed by atoms with van der Waals surface area (Å²) in [5.74, 6) is 1.86. The van der Waals surface area contributed by atoms with Gasteiger partial charge in [-0.1, -0.05) is 5.16 Å². The molecule has 0 amide bonds. The lowest BCUT2D eigenvalue weighted by Crippen LogP contribution is -2.72. The van der Waals surface area contributed by atoms with Crippen LogP contribution >= 0.6 is 0 Å². The zero-order chi connectivity index (χ0) is 12.8. The normalized spacial score (nSPS) is 11.1. The van der Waals surface area contributed by atoms with Crippen LogP contribution in [0.1, 0.15) is 5.56 Å². The fourth-order valence-electron chi connectivity index (χ4n) is 1.50. The van der Waals surface area contributed by atoms with E-state index in [9.17, 15) is 0 Å². The summed E-state index contributed by atoms with van der Waals surface area (Å²) in [6.07, 6.45) is 0.354. The summed E-state index contributed by atoms with van der Waals surface area (Å²) in [4.78, 5) is 0. The Morgan fingerprint density at radius 1 is 1.18 bits per heavy atom. The van der Waals surface area contributed by atoms with Crippen molar-refractivity contribution < 1.29 is 24.6 Å². The van der Waals surface area contributed by atoms with Crippen LogP contribution in [0, 0.1) is 0 Å². The molecule has 17 heavy (non-hydrogen) atoms. The van der Waals surface area contributed by atoms with Crippen molar-refractivity contribution in [1.82, 2.24) is 0 Å². The minimum Gasteiger partial charge on any atom is -0.493 e. The first-order chi connectivity index (χ1) is 8.15. The minimum absolute atomic E-state index is 0.235. The molecule has 0 bridgehead atoms. The fraction of sp³-hybridized carbons (Fsp3) is 0.364. The maximum Gasteiger partial charge on any atom is 0.283 e. The van der Waals surface area contributed by atoms with Crippen LogP contribution in [-0.4, -0.2) is 32.4 Å². The van der Waals surface area contributed by atoms with Crippen molar-refractivity contribution in [2.75, 3.05) is 21.3 Å². The molecule has 0 heterocycles.